The molecule has 0 saturated carbocycles. The molecule has 59 heavy (non-hydrogen) atoms. The van der Waals surface area contributed by atoms with Crippen molar-refractivity contribution in [1.29, 1.82) is 0 Å². The summed E-state index contributed by atoms with van der Waals surface area (Å²) in [5.74, 6) is 0. The van der Waals surface area contributed by atoms with Crippen LogP contribution >= 0.6 is 0 Å². The molecular formula is C55H46BN2O. The highest BCUT2D eigenvalue weighted by Crippen LogP contribution is 2.46. The Hall–Kier alpha value is -6.52. The highest BCUT2D eigenvalue weighted by atomic mass is 16.3. The predicted octanol–water partition coefficient (Wildman–Crippen LogP) is 13.9. The SMILES string of the molecule is CCCCCc1ccc(Nc2ccccc2-c2cc(-c3ccc(C(C)(C)C)cc3)c3c4c5ccccc5ccc4n4c3c2[B]c2cc3oc5ccccc5c3cc2-4)cc1. The zero-order valence-electron chi connectivity index (χ0n) is 34.2. The standard InChI is InChI=1S/C55H46BN2O/c1-5-6-7-14-34-21-28-38(29-22-34)57-46-19-12-10-17-40(46)44-31-42(36-23-26-37(27-24-36)55(2,3)4)52-51-39-16-9-8-15-35(39)25-30-47(51)58-48-32-43-41-18-11-13-20-49(41)59-50(43)33-45(48)56-53(44)54(52)58/h8-13,15-33,57H,5-7,14H2,1-4H3. The summed E-state index contributed by atoms with van der Waals surface area (Å²) in [5, 5.41) is 11.2. The number of furan rings is 1. The molecule has 3 nitrogen and oxygen atoms in total. The lowest BCUT2D eigenvalue weighted by Crippen LogP contribution is -2.37. The highest BCUT2D eigenvalue weighted by Gasteiger charge is 2.30. The number of aromatic nitrogens is 1. The molecule has 11 rings (SSSR count). The van der Waals surface area contributed by atoms with Crippen LogP contribution in [0.2, 0.25) is 0 Å². The first kappa shape index (κ1) is 35.6. The Labute approximate surface area is 346 Å². The van der Waals surface area contributed by atoms with Gasteiger partial charge in [0.1, 0.15) is 11.2 Å². The molecule has 1 aliphatic heterocycles. The number of hydrogen-bond donors (Lipinski definition) is 1. The van der Waals surface area contributed by atoms with Gasteiger partial charge in [0.05, 0.1) is 5.52 Å². The van der Waals surface area contributed by atoms with E-state index in [1.165, 1.54) is 90.8 Å². The van der Waals surface area contributed by atoms with Gasteiger partial charge < -0.3 is 14.3 Å². The third-order valence-corrected chi connectivity index (χ3v) is 12.6. The second kappa shape index (κ2) is 13.8. The number of unbranched alkanes of at least 4 members (excludes halogenated alkanes) is 2. The van der Waals surface area contributed by atoms with Gasteiger partial charge in [-0.25, -0.2) is 0 Å². The van der Waals surface area contributed by atoms with Gasteiger partial charge in [-0.1, -0.05) is 149 Å². The van der Waals surface area contributed by atoms with Crippen molar-refractivity contribution in [2.75, 3.05) is 5.32 Å². The molecule has 3 heterocycles. The maximum atomic E-state index is 6.51. The van der Waals surface area contributed by atoms with Crippen LogP contribution in [-0.2, 0) is 11.8 Å². The second-order valence-electron chi connectivity index (χ2n) is 17.4. The first-order valence-electron chi connectivity index (χ1n) is 21.2. The number of benzene rings is 8. The molecule has 1 aliphatic rings. The average Bonchev–Trinajstić information content (AvgIpc) is 3.80. The Balaban J connectivity index is 1.21. The Morgan fingerprint density at radius 1 is 0.627 bits per heavy atom. The van der Waals surface area contributed by atoms with E-state index in [0.717, 1.165) is 50.8 Å². The minimum atomic E-state index is 0.0511. The second-order valence-corrected chi connectivity index (χ2v) is 17.4. The fourth-order valence-electron chi connectivity index (χ4n) is 9.55. The quantitative estimate of drug-likeness (QED) is 0.123. The smallest absolute Gasteiger partial charge is 0.198 e. The molecule has 285 valence electrons. The lowest BCUT2D eigenvalue weighted by molar-refractivity contribution is 0.590. The lowest BCUT2D eigenvalue weighted by Gasteiger charge is -2.25. The van der Waals surface area contributed by atoms with Crippen LogP contribution in [0.25, 0.3) is 82.5 Å². The summed E-state index contributed by atoms with van der Waals surface area (Å²) in [6.45, 7) is 9.13. The van der Waals surface area contributed by atoms with E-state index >= 15 is 0 Å². The molecule has 4 heteroatoms. The Morgan fingerprint density at radius 3 is 2.20 bits per heavy atom. The van der Waals surface area contributed by atoms with Crippen LogP contribution in [0.15, 0.2) is 156 Å². The van der Waals surface area contributed by atoms with Crippen molar-refractivity contribution < 1.29 is 4.42 Å². The number of aryl methyl sites for hydroxylation is 1. The van der Waals surface area contributed by atoms with Gasteiger partial charge in [-0.05, 0) is 111 Å². The maximum absolute atomic E-state index is 6.51. The largest absolute Gasteiger partial charge is 0.456 e. The van der Waals surface area contributed by atoms with Crippen molar-refractivity contribution in [2.45, 2.75) is 58.8 Å². The molecule has 1 N–H and O–H groups in total. The molecule has 10 aromatic rings. The number of nitrogens with one attached hydrogen (secondary N) is 1. The topological polar surface area (TPSA) is 30.1 Å². The summed E-state index contributed by atoms with van der Waals surface area (Å²) in [6.07, 6.45) is 4.85. The van der Waals surface area contributed by atoms with E-state index in [2.05, 4.69) is 197 Å². The van der Waals surface area contributed by atoms with Gasteiger partial charge in [-0.15, -0.1) is 0 Å². The van der Waals surface area contributed by atoms with Crippen molar-refractivity contribution in [1.82, 2.24) is 4.57 Å². The number of rotatable bonds is 8. The summed E-state index contributed by atoms with van der Waals surface area (Å²) < 4.78 is 9.06. The van der Waals surface area contributed by atoms with Gasteiger partial charge in [-0.3, -0.25) is 0 Å². The molecule has 0 spiro atoms. The summed E-state index contributed by atoms with van der Waals surface area (Å²) in [7, 11) is 2.41. The van der Waals surface area contributed by atoms with Crippen molar-refractivity contribution in [3.05, 3.63) is 163 Å². The van der Waals surface area contributed by atoms with Crippen molar-refractivity contribution in [3.8, 4) is 27.9 Å². The van der Waals surface area contributed by atoms with E-state index in [0.29, 0.717) is 0 Å². The summed E-state index contributed by atoms with van der Waals surface area (Å²) in [5.41, 5.74) is 17.5. The molecule has 2 aromatic heterocycles. The monoisotopic (exact) mass is 761 g/mol. The number of para-hydroxylation sites is 2. The normalized spacial score (nSPS) is 12.5. The third kappa shape index (κ3) is 5.88. The molecular weight excluding hydrogens is 715 g/mol. The molecule has 0 bridgehead atoms. The molecule has 0 amide bonds. The van der Waals surface area contributed by atoms with E-state index in [4.69, 9.17) is 4.42 Å². The van der Waals surface area contributed by atoms with E-state index < -0.39 is 0 Å². The molecule has 0 fully saturated rings. The molecule has 8 aromatic carbocycles. The van der Waals surface area contributed by atoms with Gasteiger partial charge in [0.15, 0.2) is 7.28 Å². The summed E-state index contributed by atoms with van der Waals surface area (Å²) in [4.78, 5) is 0. The van der Waals surface area contributed by atoms with Gasteiger partial charge >= 0.3 is 0 Å². The average molecular weight is 762 g/mol. The minimum Gasteiger partial charge on any atom is -0.456 e. The maximum Gasteiger partial charge on any atom is 0.198 e. The number of anilines is 2. The molecule has 0 saturated heterocycles. The van der Waals surface area contributed by atoms with Crippen LogP contribution < -0.4 is 16.2 Å². The number of fused-ring (bicyclic) bond motifs is 10. The summed E-state index contributed by atoms with van der Waals surface area (Å²) >= 11 is 0. The zero-order chi connectivity index (χ0) is 39.8. The van der Waals surface area contributed by atoms with Gasteiger partial charge in [-0.2, -0.15) is 0 Å². The Kier molecular flexibility index (Phi) is 8.34. The van der Waals surface area contributed by atoms with E-state index in [-0.39, 0.29) is 5.41 Å². The third-order valence-electron chi connectivity index (χ3n) is 12.6. The van der Waals surface area contributed by atoms with Crippen molar-refractivity contribution >= 4 is 84.1 Å². The molecule has 0 unspecified atom stereocenters. The van der Waals surface area contributed by atoms with Crippen LogP contribution in [0.5, 0.6) is 0 Å². The van der Waals surface area contributed by atoms with E-state index in [1.54, 1.807) is 0 Å². The zero-order valence-corrected chi connectivity index (χ0v) is 34.2. The highest BCUT2D eigenvalue weighted by molar-refractivity contribution is 6.74. The van der Waals surface area contributed by atoms with Crippen molar-refractivity contribution in [2.24, 2.45) is 0 Å². The van der Waals surface area contributed by atoms with Crippen LogP contribution in [0.1, 0.15) is 58.1 Å². The molecule has 0 aliphatic carbocycles. The first-order chi connectivity index (χ1) is 28.8. The molecule has 0 atom stereocenters. The van der Waals surface area contributed by atoms with Gasteiger partial charge in [0, 0.05) is 49.7 Å². The Bertz CT molecular complexity index is 3250. The van der Waals surface area contributed by atoms with E-state index in [9.17, 15) is 0 Å². The summed E-state index contributed by atoms with van der Waals surface area (Å²) in [6, 6.07) is 56.1. The number of hydrogen-bond acceptors (Lipinski definition) is 2. The van der Waals surface area contributed by atoms with Crippen LogP contribution in [-0.4, -0.2) is 11.8 Å². The van der Waals surface area contributed by atoms with E-state index in [1.807, 2.05) is 0 Å². The predicted molar refractivity (Wildman–Crippen MR) is 253 cm³/mol. The van der Waals surface area contributed by atoms with Crippen LogP contribution in [0.3, 0.4) is 0 Å². The first-order valence-corrected chi connectivity index (χ1v) is 21.2. The fraction of sp³-hybridized carbons (Fsp3) is 0.164. The minimum absolute atomic E-state index is 0.0511. The fourth-order valence-corrected chi connectivity index (χ4v) is 9.55. The lowest BCUT2D eigenvalue weighted by atomic mass is 9.58. The van der Waals surface area contributed by atoms with Crippen molar-refractivity contribution in [3.63, 3.8) is 0 Å². The Morgan fingerprint density at radius 2 is 1.39 bits per heavy atom. The van der Waals surface area contributed by atoms with Crippen LogP contribution in [0.4, 0.5) is 11.4 Å². The molecule has 1 radical (unpaired) electrons. The van der Waals surface area contributed by atoms with Crippen LogP contribution in [0, 0.1) is 0 Å². The number of nitrogens with zero attached hydrogens (tertiary/aromatic N) is 1. The van der Waals surface area contributed by atoms with Gasteiger partial charge in [0.2, 0.25) is 0 Å². The van der Waals surface area contributed by atoms with Gasteiger partial charge in [0.25, 0.3) is 0 Å².